The van der Waals surface area contributed by atoms with Gasteiger partial charge in [-0.05, 0) is 44.0 Å². The van der Waals surface area contributed by atoms with Crippen LogP contribution < -0.4 is 5.32 Å². The van der Waals surface area contributed by atoms with Gasteiger partial charge in [0.15, 0.2) is 0 Å². The maximum absolute atomic E-state index is 5.93. The van der Waals surface area contributed by atoms with Crippen LogP contribution in [0.4, 0.5) is 0 Å². The van der Waals surface area contributed by atoms with Gasteiger partial charge in [0.2, 0.25) is 0 Å². The summed E-state index contributed by atoms with van der Waals surface area (Å²) in [6.07, 6.45) is 4.37. The van der Waals surface area contributed by atoms with E-state index in [1.54, 1.807) is 0 Å². The SMILES string of the molecule is Cc1cnc([C@H]2CCCN2)n1Cc1ccc(Cl)cc1. The summed E-state index contributed by atoms with van der Waals surface area (Å²) < 4.78 is 2.30. The highest BCUT2D eigenvalue weighted by Gasteiger charge is 2.21. The Balaban J connectivity index is 1.87. The van der Waals surface area contributed by atoms with Crippen molar-refractivity contribution >= 4 is 11.6 Å². The maximum Gasteiger partial charge on any atom is 0.126 e. The lowest BCUT2D eigenvalue weighted by Gasteiger charge is -2.15. The molecule has 1 atom stereocenters. The number of aromatic nitrogens is 2. The second-order valence-electron chi connectivity index (χ2n) is 5.12. The molecule has 1 aromatic carbocycles. The minimum Gasteiger partial charge on any atom is -0.327 e. The zero-order valence-corrected chi connectivity index (χ0v) is 11.8. The van der Waals surface area contributed by atoms with Crippen molar-refractivity contribution in [3.63, 3.8) is 0 Å². The molecule has 4 heteroatoms. The van der Waals surface area contributed by atoms with Gasteiger partial charge in [-0.2, -0.15) is 0 Å². The summed E-state index contributed by atoms with van der Waals surface area (Å²) in [5.74, 6) is 1.16. The fourth-order valence-electron chi connectivity index (χ4n) is 2.64. The van der Waals surface area contributed by atoms with Crippen molar-refractivity contribution in [3.8, 4) is 0 Å². The highest BCUT2D eigenvalue weighted by atomic mass is 35.5. The Hall–Kier alpha value is -1.32. The number of hydrogen-bond acceptors (Lipinski definition) is 2. The van der Waals surface area contributed by atoms with E-state index in [1.165, 1.54) is 24.1 Å². The van der Waals surface area contributed by atoms with Crippen molar-refractivity contribution in [3.05, 3.63) is 52.6 Å². The van der Waals surface area contributed by atoms with E-state index in [-0.39, 0.29) is 0 Å². The van der Waals surface area contributed by atoms with E-state index in [1.807, 2.05) is 18.3 Å². The predicted octanol–water partition coefficient (Wildman–Crippen LogP) is 3.32. The monoisotopic (exact) mass is 275 g/mol. The Morgan fingerprint density at radius 3 is 2.84 bits per heavy atom. The summed E-state index contributed by atoms with van der Waals surface area (Å²) in [6, 6.07) is 8.44. The summed E-state index contributed by atoms with van der Waals surface area (Å²) in [7, 11) is 0. The third kappa shape index (κ3) is 2.67. The second kappa shape index (κ2) is 5.35. The number of nitrogens with one attached hydrogen (secondary N) is 1. The van der Waals surface area contributed by atoms with Gasteiger partial charge in [-0.3, -0.25) is 0 Å². The van der Waals surface area contributed by atoms with Gasteiger partial charge in [-0.25, -0.2) is 4.98 Å². The molecule has 2 aromatic rings. The Bertz CT molecular complexity index is 553. The van der Waals surface area contributed by atoms with Crippen molar-refractivity contribution in [2.24, 2.45) is 0 Å². The van der Waals surface area contributed by atoms with Gasteiger partial charge in [-0.1, -0.05) is 23.7 Å². The van der Waals surface area contributed by atoms with Gasteiger partial charge in [0.1, 0.15) is 5.82 Å². The summed E-state index contributed by atoms with van der Waals surface area (Å²) in [4.78, 5) is 4.59. The average Bonchev–Trinajstić information content (AvgIpc) is 3.03. The minimum absolute atomic E-state index is 0.404. The number of imidazole rings is 1. The van der Waals surface area contributed by atoms with Crippen molar-refractivity contribution in [2.45, 2.75) is 32.4 Å². The molecule has 0 saturated carbocycles. The van der Waals surface area contributed by atoms with Crippen LogP contribution in [0.25, 0.3) is 0 Å². The molecule has 0 spiro atoms. The van der Waals surface area contributed by atoms with E-state index in [0.717, 1.165) is 23.9 Å². The topological polar surface area (TPSA) is 29.9 Å². The third-order valence-electron chi connectivity index (χ3n) is 3.71. The Labute approximate surface area is 118 Å². The van der Waals surface area contributed by atoms with Crippen molar-refractivity contribution < 1.29 is 0 Å². The van der Waals surface area contributed by atoms with Crippen LogP contribution in [-0.2, 0) is 6.54 Å². The van der Waals surface area contributed by atoms with Crippen LogP contribution in [0.3, 0.4) is 0 Å². The number of benzene rings is 1. The summed E-state index contributed by atoms with van der Waals surface area (Å²) in [6.45, 7) is 4.06. The number of nitrogens with zero attached hydrogens (tertiary/aromatic N) is 2. The zero-order valence-electron chi connectivity index (χ0n) is 11.1. The summed E-state index contributed by atoms with van der Waals surface area (Å²) >= 11 is 5.93. The van der Waals surface area contributed by atoms with Gasteiger partial charge >= 0.3 is 0 Å². The molecule has 0 radical (unpaired) electrons. The zero-order chi connectivity index (χ0) is 13.2. The largest absolute Gasteiger partial charge is 0.327 e. The van der Waals surface area contributed by atoms with E-state index in [2.05, 4.69) is 33.9 Å². The lowest BCUT2D eigenvalue weighted by Crippen LogP contribution is -2.19. The van der Waals surface area contributed by atoms with Gasteiger partial charge in [0.25, 0.3) is 0 Å². The molecule has 3 nitrogen and oxygen atoms in total. The molecular weight excluding hydrogens is 258 g/mol. The fourth-order valence-corrected chi connectivity index (χ4v) is 2.77. The van der Waals surface area contributed by atoms with Gasteiger partial charge in [0.05, 0.1) is 6.04 Å². The van der Waals surface area contributed by atoms with Gasteiger partial charge < -0.3 is 9.88 Å². The molecule has 1 aromatic heterocycles. The highest BCUT2D eigenvalue weighted by molar-refractivity contribution is 6.30. The number of rotatable bonds is 3. The summed E-state index contributed by atoms with van der Waals surface area (Å²) in [5, 5.41) is 4.30. The smallest absolute Gasteiger partial charge is 0.126 e. The number of halogens is 1. The molecule has 1 aliphatic heterocycles. The quantitative estimate of drug-likeness (QED) is 0.931. The predicted molar refractivity (Wildman–Crippen MR) is 77.5 cm³/mol. The Kier molecular flexibility index (Phi) is 3.58. The minimum atomic E-state index is 0.404. The molecule has 0 aliphatic carbocycles. The Morgan fingerprint density at radius 2 is 2.16 bits per heavy atom. The number of aryl methyl sites for hydroxylation is 1. The first-order valence-corrected chi connectivity index (χ1v) is 7.11. The van der Waals surface area contributed by atoms with Crippen LogP contribution in [0.1, 0.15) is 36.0 Å². The molecule has 100 valence electrons. The molecule has 1 fully saturated rings. The van der Waals surface area contributed by atoms with E-state index < -0.39 is 0 Å². The van der Waals surface area contributed by atoms with Crippen LogP contribution in [-0.4, -0.2) is 16.1 Å². The van der Waals surface area contributed by atoms with Crippen molar-refractivity contribution in [1.29, 1.82) is 0 Å². The van der Waals surface area contributed by atoms with Crippen LogP contribution in [0.2, 0.25) is 5.02 Å². The third-order valence-corrected chi connectivity index (χ3v) is 3.96. The Morgan fingerprint density at radius 1 is 1.37 bits per heavy atom. The van der Waals surface area contributed by atoms with Crippen LogP contribution in [0, 0.1) is 6.92 Å². The molecule has 2 heterocycles. The first kappa shape index (κ1) is 12.7. The normalized spacial score (nSPS) is 18.9. The lowest BCUT2D eigenvalue weighted by molar-refractivity contribution is 0.560. The fraction of sp³-hybridized carbons (Fsp3) is 0.400. The van der Waals surface area contributed by atoms with Gasteiger partial charge in [-0.15, -0.1) is 0 Å². The first-order chi connectivity index (χ1) is 9.24. The number of hydrogen-bond donors (Lipinski definition) is 1. The van der Waals surface area contributed by atoms with Gasteiger partial charge in [0, 0.05) is 23.5 Å². The maximum atomic E-state index is 5.93. The molecular formula is C15H18ClN3. The second-order valence-corrected chi connectivity index (χ2v) is 5.56. The van der Waals surface area contributed by atoms with Crippen molar-refractivity contribution in [1.82, 2.24) is 14.9 Å². The highest BCUT2D eigenvalue weighted by Crippen LogP contribution is 2.24. The molecule has 0 amide bonds. The van der Waals surface area contributed by atoms with E-state index >= 15 is 0 Å². The van der Waals surface area contributed by atoms with Crippen LogP contribution >= 0.6 is 11.6 Å². The average molecular weight is 276 g/mol. The molecule has 1 saturated heterocycles. The molecule has 0 unspecified atom stereocenters. The van der Waals surface area contributed by atoms with E-state index in [9.17, 15) is 0 Å². The molecule has 0 bridgehead atoms. The standard InChI is InChI=1S/C15H18ClN3/c1-11-9-18-15(14-3-2-8-17-14)19(11)10-12-4-6-13(16)7-5-12/h4-7,9,14,17H,2-3,8,10H2,1H3/t14-/m1/s1. The molecule has 3 rings (SSSR count). The van der Waals surface area contributed by atoms with Crippen molar-refractivity contribution in [2.75, 3.05) is 6.54 Å². The van der Waals surface area contributed by atoms with E-state index in [0.29, 0.717) is 6.04 Å². The molecule has 1 aliphatic rings. The lowest BCUT2D eigenvalue weighted by atomic mass is 10.2. The van der Waals surface area contributed by atoms with E-state index in [4.69, 9.17) is 11.6 Å². The first-order valence-electron chi connectivity index (χ1n) is 6.74. The van der Waals surface area contributed by atoms with Crippen LogP contribution in [0.5, 0.6) is 0 Å². The molecule has 1 N–H and O–H groups in total. The summed E-state index contributed by atoms with van der Waals surface area (Å²) in [5.41, 5.74) is 2.46. The van der Waals surface area contributed by atoms with Crippen LogP contribution in [0.15, 0.2) is 30.5 Å². The molecule has 19 heavy (non-hydrogen) atoms.